The number of rotatable bonds is 7. The highest BCUT2D eigenvalue weighted by Crippen LogP contribution is 2.16. The summed E-state index contributed by atoms with van der Waals surface area (Å²) >= 11 is 5.85. The maximum absolute atomic E-state index is 11.7. The van der Waals surface area contributed by atoms with Gasteiger partial charge in [0, 0.05) is 24.5 Å². The maximum Gasteiger partial charge on any atom is 0.222 e. The third-order valence-corrected chi connectivity index (χ3v) is 2.97. The number of benzene rings is 1. The second kappa shape index (κ2) is 9.86. The van der Waals surface area contributed by atoms with E-state index in [0.717, 1.165) is 0 Å². The number of carbonyl (C=O) groups excluding carboxylic acids is 1. The highest BCUT2D eigenvalue weighted by atomic mass is 35.5. The third-order valence-electron chi connectivity index (χ3n) is 2.73. The molecule has 6 heteroatoms. The number of nitrogens with zero attached hydrogens (tertiary/aromatic N) is 1. The van der Waals surface area contributed by atoms with E-state index in [9.17, 15) is 4.79 Å². The monoisotopic (exact) mass is 320 g/mol. The van der Waals surface area contributed by atoms with Gasteiger partial charge in [0.1, 0.15) is 12.4 Å². The lowest BCUT2D eigenvalue weighted by Crippen LogP contribution is -2.31. The van der Waals surface area contributed by atoms with Gasteiger partial charge in [-0.2, -0.15) is 0 Å². The highest BCUT2D eigenvalue weighted by Gasteiger charge is 2.09. The van der Waals surface area contributed by atoms with Crippen molar-refractivity contribution in [3.63, 3.8) is 0 Å². The lowest BCUT2D eigenvalue weighted by molar-refractivity contribution is -0.130. The van der Waals surface area contributed by atoms with Gasteiger partial charge in [0.25, 0.3) is 0 Å². The molecular formula is C14H22Cl2N2O2. The number of nitrogens with two attached hydrogens (primary N) is 1. The summed E-state index contributed by atoms with van der Waals surface area (Å²) in [6, 6.07) is 7.26. The molecule has 0 aliphatic heterocycles. The number of amides is 1. The van der Waals surface area contributed by atoms with Crippen molar-refractivity contribution in [1.82, 2.24) is 4.90 Å². The average molecular weight is 321 g/mol. The molecule has 0 fully saturated rings. The van der Waals surface area contributed by atoms with Crippen LogP contribution in [-0.2, 0) is 4.79 Å². The Bertz CT molecular complexity index is 414. The Balaban J connectivity index is 0.00000361. The number of likely N-dealkylation sites (N-methyl/N-ethyl adjacent to an activating group) is 1. The molecule has 0 heterocycles. The zero-order valence-corrected chi connectivity index (χ0v) is 13.4. The molecule has 1 atom stereocenters. The Morgan fingerprint density at radius 2 is 2.20 bits per heavy atom. The molecule has 1 unspecified atom stereocenters. The van der Waals surface area contributed by atoms with E-state index in [2.05, 4.69) is 0 Å². The van der Waals surface area contributed by atoms with Gasteiger partial charge in [0.2, 0.25) is 5.91 Å². The summed E-state index contributed by atoms with van der Waals surface area (Å²) in [6.07, 6.45) is 1.18. The summed E-state index contributed by atoms with van der Waals surface area (Å²) in [5.41, 5.74) is 5.62. The zero-order chi connectivity index (χ0) is 14.3. The largest absolute Gasteiger partial charge is 0.492 e. The van der Waals surface area contributed by atoms with Crippen LogP contribution in [-0.4, -0.2) is 37.0 Å². The summed E-state index contributed by atoms with van der Waals surface area (Å²) in [5, 5.41) is 0.638. The Kier molecular flexibility index (Phi) is 9.38. The van der Waals surface area contributed by atoms with Crippen molar-refractivity contribution < 1.29 is 9.53 Å². The van der Waals surface area contributed by atoms with Crippen LogP contribution in [0.15, 0.2) is 24.3 Å². The Morgan fingerprint density at radius 3 is 2.80 bits per heavy atom. The van der Waals surface area contributed by atoms with Gasteiger partial charge in [-0.1, -0.05) is 17.7 Å². The van der Waals surface area contributed by atoms with Crippen LogP contribution >= 0.6 is 24.0 Å². The molecule has 114 valence electrons. The third kappa shape index (κ3) is 7.58. The van der Waals surface area contributed by atoms with Crippen molar-refractivity contribution in [2.75, 3.05) is 20.2 Å². The summed E-state index contributed by atoms with van der Waals surface area (Å²) in [7, 11) is 1.77. The Morgan fingerprint density at radius 1 is 1.50 bits per heavy atom. The number of hydrogen-bond donors (Lipinski definition) is 1. The van der Waals surface area contributed by atoms with Crippen LogP contribution in [0.2, 0.25) is 5.02 Å². The quantitative estimate of drug-likeness (QED) is 0.840. The van der Waals surface area contributed by atoms with Crippen LogP contribution in [0.1, 0.15) is 19.8 Å². The molecule has 0 saturated heterocycles. The molecule has 1 amide bonds. The van der Waals surface area contributed by atoms with Gasteiger partial charge in [0.05, 0.1) is 6.54 Å². The zero-order valence-electron chi connectivity index (χ0n) is 11.8. The predicted molar refractivity (Wildman–Crippen MR) is 84.7 cm³/mol. The first-order chi connectivity index (χ1) is 8.99. The summed E-state index contributed by atoms with van der Waals surface area (Å²) in [5.74, 6) is 0.802. The maximum atomic E-state index is 11.7. The van der Waals surface area contributed by atoms with Gasteiger partial charge in [-0.05, 0) is 31.5 Å². The van der Waals surface area contributed by atoms with Crippen LogP contribution in [0.3, 0.4) is 0 Å². The van der Waals surface area contributed by atoms with Crippen LogP contribution < -0.4 is 10.5 Å². The smallest absolute Gasteiger partial charge is 0.222 e. The fourth-order valence-corrected chi connectivity index (χ4v) is 1.70. The molecule has 1 aromatic rings. The van der Waals surface area contributed by atoms with Crippen LogP contribution in [0.4, 0.5) is 0 Å². The molecule has 0 spiro atoms. The summed E-state index contributed by atoms with van der Waals surface area (Å²) in [6.45, 7) is 2.89. The molecule has 0 aliphatic carbocycles. The number of halogens is 2. The molecule has 20 heavy (non-hydrogen) atoms. The minimum absolute atomic E-state index is 0. The van der Waals surface area contributed by atoms with Crippen molar-refractivity contribution in [3.8, 4) is 5.75 Å². The van der Waals surface area contributed by atoms with Crippen molar-refractivity contribution in [1.29, 1.82) is 0 Å². The van der Waals surface area contributed by atoms with E-state index < -0.39 is 0 Å². The SMILES string of the molecule is CC(N)CCC(=O)N(C)CCOc1cccc(Cl)c1.Cl. The van der Waals surface area contributed by atoms with E-state index in [4.69, 9.17) is 22.1 Å². The highest BCUT2D eigenvalue weighted by molar-refractivity contribution is 6.30. The van der Waals surface area contributed by atoms with Crippen molar-refractivity contribution in [2.45, 2.75) is 25.8 Å². The second-order valence-corrected chi connectivity index (χ2v) is 5.07. The lowest BCUT2D eigenvalue weighted by Gasteiger charge is -2.18. The van der Waals surface area contributed by atoms with Crippen LogP contribution in [0.25, 0.3) is 0 Å². The normalized spacial score (nSPS) is 11.4. The second-order valence-electron chi connectivity index (χ2n) is 4.64. The van der Waals surface area contributed by atoms with Crippen LogP contribution in [0.5, 0.6) is 5.75 Å². The van der Waals surface area contributed by atoms with E-state index in [-0.39, 0.29) is 24.4 Å². The number of hydrogen-bond acceptors (Lipinski definition) is 3. The van der Waals surface area contributed by atoms with Crippen LogP contribution in [0, 0.1) is 0 Å². The lowest BCUT2D eigenvalue weighted by atomic mass is 10.2. The topological polar surface area (TPSA) is 55.6 Å². The van der Waals surface area contributed by atoms with E-state index in [1.54, 1.807) is 24.1 Å². The van der Waals surface area contributed by atoms with E-state index in [0.29, 0.717) is 36.8 Å². The fourth-order valence-electron chi connectivity index (χ4n) is 1.52. The van der Waals surface area contributed by atoms with E-state index >= 15 is 0 Å². The molecule has 1 rings (SSSR count). The first-order valence-corrected chi connectivity index (χ1v) is 6.74. The molecule has 0 radical (unpaired) electrons. The minimum atomic E-state index is 0. The Labute approximate surface area is 131 Å². The van der Waals surface area contributed by atoms with Gasteiger partial charge in [-0.15, -0.1) is 12.4 Å². The standard InChI is InChI=1S/C14H21ClN2O2.ClH/c1-11(16)6-7-14(18)17(2)8-9-19-13-5-3-4-12(15)10-13;/h3-5,10-11H,6-9,16H2,1-2H3;1H. The Hall–Kier alpha value is -0.970. The van der Waals surface area contributed by atoms with Gasteiger partial charge < -0.3 is 15.4 Å². The first-order valence-electron chi connectivity index (χ1n) is 6.37. The van der Waals surface area contributed by atoms with Gasteiger partial charge in [-0.3, -0.25) is 4.79 Å². The minimum Gasteiger partial charge on any atom is -0.492 e. The van der Waals surface area contributed by atoms with Crippen molar-refractivity contribution in [3.05, 3.63) is 29.3 Å². The van der Waals surface area contributed by atoms with E-state index in [1.807, 2.05) is 19.1 Å². The molecule has 4 nitrogen and oxygen atoms in total. The summed E-state index contributed by atoms with van der Waals surface area (Å²) < 4.78 is 5.53. The molecular weight excluding hydrogens is 299 g/mol. The predicted octanol–water partition coefficient (Wildman–Crippen LogP) is 2.73. The van der Waals surface area contributed by atoms with Crippen molar-refractivity contribution in [2.24, 2.45) is 5.73 Å². The first kappa shape index (κ1) is 19.0. The van der Waals surface area contributed by atoms with E-state index in [1.165, 1.54) is 0 Å². The van der Waals surface area contributed by atoms with Crippen molar-refractivity contribution >= 4 is 29.9 Å². The molecule has 1 aromatic carbocycles. The van der Waals surface area contributed by atoms with Gasteiger partial charge >= 0.3 is 0 Å². The van der Waals surface area contributed by atoms with Gasteiger partial charge in [-0.25, -0.2) is 0 Å². The number of carbonyl (C=O) groups is 1. The molecule has 0 bridgehead atoms. The summed E-state index contributed by atoms with van der Waals surface area (Å²) in [4.78, 5) is 13.4. The molecule has 2 N–H and O–H groups in total. The average Bonchev–Trinajstić information content (AvgIpc) is 2.35. The molecule has 0 aromatic heterocycles. The number of ether oxygens (including phenoxy) is 1. The molecule has 0 saturated carbocycles. The fraction of sp³-hybridized carbons (Fsp3) is 0.500. The molecule has 0 aliphatic rings. The van der Waals surface area contributed by atoms with Gasteiger partial charge in [0.15, 0.2) is 0 Å².